The average Bonchev–Trinajstić information content (AvgIpc) is 2.93. The minimum Gasteiger partial charge on any atom is -0.493 e. The van der Waals surface area contributed by atoms with E-state index in [1.807, 2.05) is 19.1 Å². The molecular formula is C14H18N4OS. The maximum Gasteiger partial charge on any atom is 0.205 e. The van der Waals surface area contributed by atoms with E-state index in [1.165, 1.54) is 24.4 Å². The summed E-state index contributed by atoms with van der Waals surface area (Å²) in [7, 11) is 0. The standard InChI is InChI=1S/C14H18N4OS/c1-11-16-14(20-17-11)18-8-2-3-12(9-18)10-19-13-4-6-15-7-5-13/h4-7,12H,2-3,8-10H2,1H3. The Balaban J connectivity index is 1.55. The summed E-state index contributed by atoms with van der Waals surface area (Å²) in [5.41, 5.74) is 0. The van der Waals surface area contributed by atoms with E-state index in [4.69, 9.17) is 4.74 Å². The SMILES string of the molecule is Cc1nsc(N2CCCC(COc3ccncc3)C2)n1. The molecule has 0 spiro atoms. The molecule has 2 aromatic heterocycles. The Hall–Kier alpha value is -1.69. The Bertz CT molecular complexity index is 545. The predicted molar refractivity (Wildman–Crippen MR) is 79.3 cm³/mol. The molecule has 0 aromatic carbocycles. The Morgan fingerprint density at radius 2 is 2.25 bits per heavy atom. The molecule has 1 unspecified atom stereocenters. The maximum atomic E-state index is 5.84. The van der Waals surface area contributed by atoms with Crippen LogP contribution in [0.2, 0.25) is 0 Å². The zero-order chi connectivity index (χ0) is 13.8. The van der Waals surface area contributed by atoms with Crippen LogP contribution in [0.25, 0.3) is 0 Å². The second-order valence-corrected chi connectivity index (χ2v) is 5.80. The van der Waals surface area contributed by atoms with E-state index >= 15 is 0 Å². The van der Waals surface area contributed by atoms with Crippen molar-refractivity contribution >= 4 is 16.7 Å². The lowest BCUT2D eigenvalue weighted by Crippen LogP contribution is -2.37. The minimum atomic E-state index is 0.543. The first-order valence-electron chi connectivity index (χ1n) is 6.89. The van der Waals surface area contributed by atoms with Gasteiger partial charge in [0.1, 0.15) is 11.6 Å². The van der Waals surface area contributed by atoms with Gasteiger partial charge < -0.3 is 9.64 Å². The van der Waals surface area contributed by atoms with Gasteiger partial charge in [0.25, 0.3) is 0 Å². The lowest BCUT2D eigenvalue weighted by atomic mass is 9.99. The van der Waals surface area contributed by atoms with E-state index < -0.39 is 0 Å². The highest BCUT2D eigenvalue weighted by Crippen LogP contribution is 2.25. The third-order valence-corrected chi connectivity index (χ3v) is 4.31. The number of ether oxygens (including phenoxy) is 1. The van der Waals surface area contributed by atoms with Crippen molar-refractivity contribution in [2.24, 2.45) is 5.92 Å². The number of piperidine rings is 1. The van der Waals surface area contributed by atoms with E-state index in [9.17, 15) is 0 Å². The number of rotatable bonds is 4. The van der Waals surface area contributed by atoms with Gasteiger partial charge >= 0.3 is 0 Å². The molecule has 5 nitrogen and oxygen atoms in total. The summed E-state index contributed by atoms with van der Waals surface area (Å²) in [4.78, 5) is 10.8. The Morgan fingerprint density at radius 3 is 3.00 bits per heavy atom. The van der Waals surface area contributed by atoms with Crippen LogP contribution in [-0.4, -0.2) is 34.0 Å². The van der Waals surface area contributed by atoms with Crippen molar-refractivity contribution in [2.45, 2.75) is 19.8 Å². The van der Waals surface area contributed by atoms with Crippen LogP contribution in [0.5, 0.6) is 5.75 Å². The fourth-order valence-electron chi connectivity index (χ4n) is 2.44. The fraction of sp³-hybridized carbons (Fsp3) is 0.500. The van der Waals surface area contributed by atoms with E-state index in [0.29, 0.717) is 5.92 Å². The van der Waals surface area contributed by atoms with Crippen molar-refractivity contribution < 1.29 is 4.74 Å². The molecule has 0 saturated carbocycles. The van der Waals surface area contributed by atoms with Crippen molar-refractivity contribution in [3.8, 4) is 5.75 Å². The molecule has 3 rings (SSSR count). The first kappa shape index (κ1) is 13.3. The number of aromatic nitrogens is 3. The highest BCUT2D eigenvalue weighted by atomic mass is 32.1. The molecule has 0 amide bonds. The third kappa shape index (κ3) is 3.25. The highest BCUT2D eigenvalue weighted by Gasteiger charge is 2.22. The van der Waals surface area contributed by atoms with Gasteiger partial charge in [-0.25, -0.2) is 4.98 Å². The van der Waals surface area contributed by atoms with Gasteiger partial charge in [-0.15, -0.1) is 0 Å². The molecule has 106 valence electrons. The van der Waals surface area contributed by atoms with Crippen LogP contribution in [-0.2, 0) is 0 Å². The van der Waals surface area contributed by atoms with E-state index in [0.717, 1.165) is 36.4 Å². The van der Waals surface area contributed by atoms with Crippen molar-refractivity contribution in [1.29, 1.82) is 0 Å². The number of nitrogens with zero attached hydrogens (tertiary/aromatic N) is 4. The van der Waals surface area contributed by atoms with Gasteiger partial charge in [0.2, 0.25) is 5.13 Å². The van der Waals surface area contributed by atoms with Gasteiger partial charge in [0, 0.05) is 42.9 Å². The van der Waals surface area contributed by atoms with Gasteiger partial charge in [-0.3, -0.25) is 4.98 Å². The number of hydrogen-bond donors (Lipinski definition) is 0. The summed E-state index contributed by atoms with van der Waals surface area (Å²) in [6.45, 7) is 4.76. The first-order chi connectivity index (χ1) is 9.81. The molecule has 3 heterocycles. The fourth-order valence-corrected chi connectivity index (χ4v) is 3.15. The summed E-state index contributed by atoms with van der Waals surface area (Å²) in [5.74, 6) is 2.30. The summed E-state index contributed by atoms with van der Waals surface area (Å²) in [6.07, 6.45) is 5.90. The van der Waals surface area contributed by atoms with Crippen LogP contribution in [0.1, 0.15) is 18.7 Å². The second-order valence-electron chi connectivity index (χ2n) is 5.07. The molecule has 0 N–H and O–H groups in total. The lowest BCUT2D eigenvalue weighted by molar-refractivity contribution is 0.228. The minimum absolute atomic E-state index is 0.543. The summed E-state index contributed by atoms with van der Waals surface area (Å²) in [6, 6.07) is 3.80. The number of aryl methyl sites for hydroxylation is 1. The molecule has 1 atom stereocenters. The molecule has 2 aromatic rings. The van der Waals surface area contributed by atoms with Crippen molar-refractivity contribution in [1.82, 2.24) is 14.3 Å². The van der Waals surface area contributed by atoms with Crippen LogP contribution in [0.15, 0.2) is 24.5 Å². The van der Waals surface area contributed by atoms with Crippen molar-refractivity contribution in [2.75, 3.05) is 24.6 Å². The monoisotopic (exact) mass is 290 g/mol. The first-order valence-corrected chi connectivity index (χ1v) is 7.66. The van der Waals surface area contributed by atoms with Gasteiger partial charge in [-0.2, -0.15) is 4.37 Å². The van der Waals surface area contributed by atoms with Gasteiger partial charge in [-0.1, -0.05) is 0 Å². The molecule has 20 heavy (non-hydrogen) atoms. The second kappa shape index (κ2) is 6.17. The smallest absolute Gasteiger partial charge is 0.205 e. The summed E-state index contributed by atoms with van der Waals surface area (Å²) < 4.78 is 10.1. The molecule has 0 aliphatic carbocycles. The third-order valence-electron chi connectivity index (χ3n) is 3.44. The number of hydrogen-bond acceptors (Lipinski definition) is 6. The molecule has 0 radical (unpaired) electrons. The molecule has 1 saturated heterocycles. The zero-order valence-corrected chi connectivity index (χ0v) is 12.3. The molecule has 6 heteroatoms. The molecule has 1 fully saturated rings. The summed E-state index contributed by atoms with van der Waals surface area (Å²) >= 11 is 1.49. The summed E-state index contributed by atoms with van der Waals surface area (Å²) in [5, 5.41) is 1.04. The molecular weight excluding hydrogens is 272 g/mol. The predicted octanol–water partition coefficient (Wildman–Crippen LogP) is 2.54. The number of anilines is 1. The van der Waals surface area contributed by atoms with E-state index in [2.05, 4.69) is 19.2 Å². The van der Waals surface area contributed by atoms with Crippen LogP contribution in [0, 0.1) is 12.8 Å². The van der Waals surface area contributed by atoms with Crippen molar-refractivity contribution in [3.05, 3.63) is 30.4 Å². The topological polar surface area (TPSA) is 51.1 Å². The Kier molecular flexibility index (Phi) is 4.11. The molecule has 1 aliphatic rings. The van der Waals surface area contributed by atoms with Gasteiger partial charge in [-0.05, 0) is 31.9 Å². The van der Waals surface area contributed by atoms with Gasteiger partial charge in [0.05, 0.1) is 6.61 Å². The molecule has 1 aliphatic heterocycles. The van der Waals surface area contributed by atoms with Crippen molar-refractivity contribution in [3.63, 3.8) is 0 Å². The average molecular weight is 290 g/mol. The highest BCUT2D eigenvalue weighted by molar-refractivity contribution is 7.09. The van der Waals surface area contributed by atoms with Crippen LogP contribution >= 0.6 is 11.5 Å². The number of pyridine rings is 1. The van der Waals surface area contributed by atoms with E-state index in [-0.39, 0.29) is 0 Å². The molecule has 0 bridgehead atoms. The lowest BCUT2D eigenvalue weighted by Gasteiger charge is -2.32. The van der Waals surface area contributed by atoms with Gasteiger partial charge in [0.15, 0.2) is 0 Å². The zero-order valence-electron chi connectivity index (χ0n) is 11.5. The van der Waals surface area contributed by atoms with E-state index in [1.54, 1.807) is 12.4 Å². The Morgan fingerprint density at radius 1 is 1.40 bits per heavy atom. The largest absolute Gasteiger partial charge is 0.493 e. The maximum absolute atomic E-state index is 5.84. The Labute approximate surface area is 122 Å². The quantitative estimate of drug-likeness (QED) is 0.866. The van der Waals surface area contributed by atoms with Crippen LogP contribution in [0.4, 0.5) is 5.13 Å². The van der Waals surface area contributed by atoms with Crippen LogP contribution in [0.3, 0.4) is 0 Å². The van der Waals surface area contributed by atoms with Crippen LogP contribution < -0.4 is 9.64 Å². The normalized spacial score (nSPS) is 19.1.